The lowest BCUT2D eigenvalue weighted by molar-refractivity contribution is -0.122. The Kier molecular flexibility index (Phi) is 2.53. The summed E-state index contributed by atoms with van der Waals surface area (Å²) in [5.74, 6) is -0.655. The molecule has 2 unspecified atom stereocenters. The van der Waals surface area contributed by atoms with Gasteiger partial charge in [0.15, 0.2) is 0 Å². The lowest BCUT2D eigenvalue weighted by atomic mass is 10.00. The van der Waals surface area contributed by atoms with Crippen molar-refractivity contribution >= 4 is 23.2 Å². The van der Waals surface area contributed by atoms with E-state index in [0.29, 0.717) is 16.9 Å². The Morgan fingerprint density at radius 2 is 1.84 bits per heavy atom. The summed E-state index contributed by atoms with van der Waals surface area (Å²) in [5, 5.41) is 8.80. The number of anilines is 2. The number of hydrogen-bond acceptors (Lipinski definition) is 4. The van der Waals surface area contributed by atoms with Gasteiger partial charge in [0.05, 0.1) is 34.8 Å². The van der Waals surface area contributed by atoms with Crippen LogP contribution in [0.3, 0.4) is 0 Å². The smallest absolute Gasteiger partial charge is 0.237 e. The molecule has 2 fully saturated rings. The molecule has 1 aliphatic heterocycles. The van der Waals surface area contributed by atoms with Crippen LogP contribution in [0.15, 0.2) is 18.2 Å². The maximum atomic E-state index is 12.3. The molecule has 2 atom stereocenters. The normalized spacial score (nSPS) is 25.5. The quantitative estimate of drug-likeness (QED) is 0.607. The Hall–Kier alpha value is -2.35. The predicted octanol–water partition coefficient (Wildman–Crippen LogP) is 1.43. The first-order valence-corrected chi connectivity index (χ1v) is 6.31. The molecule has 2 aliphatic rings. The molecule has 5 heteroatoms. The highest BCUT2D eigenvalue weighted by atomic mass is 16.2. The molecule has 2 N–H and O–H groups in total. The van der Waals surface area contributed by atoms with Crippen molar-refractivity contribution in [3.8, 4) is 6.07 Å². The third-order valence-electron chi connectivity index (χ3n) is 3.99. The first-order valence-electron chi connectivity index (χ1n) is 6.31. The standard InChI is InChI=1S/C14H13N3O2/c15-7-8-4-5-12(11(16)6-8)17-13(18)9-2-1-3-10(9)14(17)19/h4-6,9-10H,1-3,16H2. The monoisotopic (exact) mass is 255 g/mol. The van der Waals surface area contributed by atoms with E-state index in [2.05, 4.69) is 0 Å². The minimum atomic E-state index is -0.178. The molecular formula is C14H13N3O2. The number of hydrogen-bond donors (Lipinski definition) is 1. The van der Waals surface area contributed by atoms with Gasteiger partial charge in [-0.1, -0.05) is 6.42 Å². The van der Waals surface area contributed by atoms with Crippen LogP contribution in [-0.4, -0.2) is 11.8 Å². The van der Waals surface area contributed by atoms with Gasteiger partial charge in [-0.05, 0) is 31.0 Å². The Labute approximate surface area is 110 Å². The molecule has 5 nitrogen and oxygen atoms in total. The lowest BCUT2D eigenvalue weighted by Gasteiger charge is -2.17. The third kappa shape index (κ3) is 1.60. The van der Waals surface area contributed by atoms with E-state index in [1.54, 1.807) is 12.1 Å². The van der Waals surface area contributed by atoms with E-state index in [-0.39, 0.29) is 23.7 Å². The van der Waals surface area contributed by atoms with Gasteiger partial charge in [-0.15, -0.1) is 0 Å². The summed E-state index contributed by atoms with van der Waals surface area (Å²) >= 11 is 0. The van der Waals surface area contributed by atoms with Gasteiger partial charge in [-0.25, -0.2) is 4.90 Å². The number of benzene rings is 1. The molecular weight excluding hydrogens is 242 g/mol. The zero-order valence-electron chi connectivity index (χ0n) is 10.3. The average Bonchev–Trinajstić information content (AvgIpc) is 2.96. The van der Waals surface area contributed by atoms with E-state index in [4.69, 9.17) is 11.0 Å². The molecule has 96 valence electrons. The molecule has 19 heavy (non-hydrogen) atoms. The molecule has 1 aliphatic carbocycles. The van der Waals surface area contributed by atoms with Gasteiger partial charge in [0, 0.05) is 0 Å². The zero-order valence-corrected chi connectivity index (χ0v) is 10.3. The number of rotatable bonds is 1. The fraction of sp³-hybridized carbons (Fsp3) is 0.357. The first kappa shape index (κ1) is 11.7. The van der Waals surface area contributed by atoms with Crippen LogP contribution in [0.25, 0.3) is 0 Å². The molecule has 0 radical (unpaired) electrons. The maximum Gasteiger partial charge on any atom is 0.237 e. The molecule has 2 amide bonds. The van der Waals surface area contributed by atoms with Crippen molar-refractivity contribution in [3.05, 3.63) is 23.8 Å². The van der Waals surface area contributed by atoms with Crippen LogP contribution in [0.2, 0.25) is 0 Å². The molecule has 1 saturated heterocycles. The largest absolute Gasteiger partial charge is 0.397 e. The van der Waals surface area contributed by atoms with Crippen molar-refractivity contribution < 1.29 is 9.59 Å². The fourth-order valence-corrected chi connectivity index (χ4v) is 3.06. The highest BCUT2D eigenvalue weighted by Gasteiger charge is 2.50. The van der Waals surface area contributed by atoms with Crippen molar-refractivity contribution in [1.82, 2.24) is 0 Å². The van der Waals surface area contributed by atoms with E-state index in [0.717, 1.165) is 19.3 Å². The number of carbonyl (C=O) groups excluding carboxylic acids is 2. The number of nitriles is 1. The fourth-order valence-electron chi connectivity index (χ4n) is 3.06. The van der Waals surface area contributed by atoms with Crippen molar-refractivity contribution in [1.29, 1.82) is 5.26 Å². The van der Waals surface area contributed by atoms with Crippen LogP contribution in [0.1, 0.15) is 24.8 Å². The topological polar surface area (TPSA) is 87.2 Å². The highest BCUT2D eigenvalue weighted by Crippen LogP contribution is 2.42. The molecule has 1 heterocycles. The third-order valence-corrected chi connectivity index (χ3v) is 3.99. The Bertz CT molecular complexity index is 596. The summed E-state index contributed by atoms with van der Waals surface area (Å²) in [6, 6.07) is 6.61. The van der Waals surface area contributed by atoms with Gasteiger partial charge in [0.2, 0.25) is 11.8 Å². The van der Waals surface area contributed by atoms with Gasteiger partial charge >= 0.3 is 0 Å². The highest BCUT2D eigenvalue weighted by molar-refractivity contribution is 6.23. The Morgan fingerprint density at radius 1 is 1.21 bits per heavy atom. The maximum absolute atomic E-state index is 12.3. The molecule has 1 aromatic carbocycles. The number of nitrogens with two attached hydrogens (primary N) is 1. The van der Waals surface area contributed by atoms with E-state index < -0.39 is 0 Å². The summed E-state index contributed by atoms with van der Waals surface area (Å²) in [6.07, 6.45) is 2.49. The van der Waals surface area contributed by atoms with Gasteiger partial charge in [0.25, 0.3) is 0 Å². The number of amides is 2. The molecule has 1 aromatic rings. The van der Waals surface area contributed by atoms with E-state index in [1.807, 2.05) is 6.07 Å². The van der Waals surface area contributed by atoms with Crippen LogP contribution in [-0.2, 0) is 9.59 Å². The minimum absolute atomic E-state index is 0.149. The van der Waals surface area contributed by atoms with Crippen LogP contribution < -0.4 is 10.6 Å². The molecule has 0 spiro atoms. The van der Waals surface area contributed by atoms with Crippen LogP contribution in [0.4, 0.5) is 11.4 Å². The summed E-state index contributed by atoms with van der Waals surface area (Å²) in [4.78, 5) is 25.8. The summed E-state index contributed by atoms with van der Waals surface area (Å²) in [7, 11) is 0. The Morgan fingerprint density at radius 3 is 2.37 bits per heavy atom. The lowest BCUT2D eigenvalue weighted by Crippen LogP contribution is -2.32. The van der Waals surface area contributed by atoms with E-state index >= 15 is 0 Å². The van der Waals surface area contributed by atoms with Gasteiger partial charge in [-0.3, -0.25) is 9.59 Å². The second kappa shape index (κ2) is 4.09. The van der Waals surface area contributed by atoms with Crippen LogP contribution in [0.5, 0.6) is 0 Å². The van der Waals surface area contributed by atoms with Crippen molar-refractivity contribution in [2.75, 3.05) is 10.6 Å². The zero-order chi connectivity index (χ0) is 13.6. The molecule has 0 aromatic heterocycles. The predicted molar refractivity (Wildman–Crippen MR) is 68.9 cm³/mol. The number of fused-ring (bicyclic) bond motifs is 1. The number of nitrogen functional groups attached to an aromatic ring is 1. The van der Waals surface area contributed by atoms with E-state index in [1.165, 1.54) is 11.0 Å². The number of imide groups is 1. The number of nitrogens with zero attached hydrogens (tertiary/aromatic N) is 2. The molecule has 3 rings (SSSR count). The molecule has 0 bridgehead atoms. The summed E-state index contributed by atoms with van der Waals surface area (Å²) in [6.45, 7) is 0. The minimum Gasteiger partial charge on any atom is -0.397 e. The summed E-state index contributed by atoms with van der Waals surface area (Å²) in [5.41, 5.74) is 6.97. The first-order chi connectivity index (χ1) is 9.13. The van der Waals surface area contributed by atoms with Gasteiger partial charge < -0.3 is 5.73 Å². The van der Waals surface area contributed by atoms with Gasteiger partial charge in [-0.2, -0.15) is 5.26 Å². The van der Waals surface area contributed by atoms with Crippen molar-refractivity contribution in [2.45, 2.75) is 19.3 Å². The second-order valence-corrected chi connectivity index (χ2v) is 5.04. The molecule has 1 saturated carbocycles. The summed E-state index contributed by atoms with van der Waals surface area (Å²) < 4.78 is 0. The van der Waals surface area contributed by atoms with Crippen molar-refractivity contribution in [3.63, 3.8) is 0 Å². The average molecular weight is 255 g/mol. The SMILES string of the molecule is N#Cc1ccc(N2C(=O)C3CCCC3C2=O)c(N)c1. The Balaban J connectivity index is 2.01. The van der Waals surface area contributed by atoms with E-state index in [9.17, 15) is 9.59 Å². The number of carbonyl (C=O) groups is 2. The van der Waals surface area contributed by atoms with Crippen molar-refractivity contribution in [2.24, 2.45) is 11.8 Å². The van der Waals surface area contributed by atoms with Gasteiger partial charge in [0.1, 0.15) is 0 Å². The second-order valence-electron chi connectivity index (χ2n) is 5.04. The van der Waals surface area contributed by atoms with Crippen LogP contribution >= 0.6 is 0 Å². The van der Waals surface area contributed by atoms with Crippen LogP contribution in [0, 0.1) is 23.2 Å².